The smallest absolute Gasteiger partial charge is 0.232 e. The number of hydrogen-bond donors (Lipinski definition) is 1. The van der Waals surface area contributed by atoms with Gasteiger partial charge in [0.1, 0.15) is 11.5 Å². The minimum atomic E-state index is -3.48. The molecule has 2 rings (SSSR count). The molecular formula is C22H30N2O5S. The molecule has 0 heterocycles. The number of carbonyl (C=O) groups excluding carboxylic acids is 1. The highest BCUT2D eigenvalue weighted by Gasteiger charge is 2.19. The molecule has 0 radical (unpaired) electrons. The molecule has 164 valence electrons. The van der Waals surface area contributed by atoms with Crippen LogP contribution < -0.4 is 19.1 Å². The van der Waals surface area contributed by atoms with Crippen LogP contribution >= 0.6 is 0 Å². The van der Waals surface area contributed by atoms with Crippen LogP contribution in [0.25, 0.3) is 0 Å². The van der Waals surface area contributed by atoms with Crippen LogP contribution in [-0.4, -0.2) is 41.3 Å². The molecule has 2 aromatic carbocycles. The second-order valence-electron chi connectivity index (χ2n) is 6.94. The van der Waals surface area contributed by atoms with Gasteiger partial charge in [0.2, 0.25) is 15.9 Å². The zero-order valence-electron chi connectivity index (χ0n) is 17.9. The summed E-state index contributed by atoms with van der Waals surface area (Å²) in [6.45, 7) is 2.21. The molecule has 0 fully saturated rings. The lowest BCUT2D eigenvalue weighted by molar-refractivity contribution is -0.121. The monoisotopic (exact) mass is 434 g/mol. The van der Waals surface area contributed by atoms with E-state index < -0.39 is 10.0 Å². The number of rotatable bonds is 11. The van der Waals surface area contributed by atoms with Crippen molar-refractivity contribution in [3.05, 3.63) is 54.1 Å². The zero-order valence-corrected chi connectivity index (χ0v) is 18.7. The molecular weight excluding hydrogens is 404 g/mol. The summed E-state index contributed by atoms with van der Waals surface area (Å²) in [5.74, 6) is 1.22. The molecule has 7 nitrogen and oxygen atoms in total. The third-order valence-electron chi connectivity index (χ3n) is 4.77. The summed E-state index contributed by atoms with van der Waals surface area (Å²) < 4.78 is 36.1. The Morgan fingerprint density at radius 2 is 1.73 bits per heavy atom. The Hall–Kier alpha value is -2.74. The molecule has 8 heteroatoms. The van der Waals surface area contributed by atoms with Gasteiger partial charge in [-0.15, -0.1) is 0 Å². The van der Waals surface area contributed by atoms with E-state index in [1.807, 2.05) is 31.2 Å². The molecule has 30 heavy (non-hydrogen) atoms. The molecule has 0 aliphatic heterocycles. The van der Waals surface area contributed by atoms with E-state index in [1.165, 1.54) is 11.4 Å². The van der Waals surface area contributed by atoms with Crippen molar-refractivity contribution in [3.8, 4) is 11.5 Å². The van der Waals surface area contributed by atoms with Crippen LogP contribution in [0.15, 0.2) is 48.5 Å². The first kappa shape index (κ1) is 23.5. The van der Waals surface area contributed by atoms with Gasteiger partial charge in [0.15, 0.2) is 0 Å². The number of carbonyl (C=O) groups is 1. The molecule has 0 spiro atoms. The van der Waals surface area contributed by atoms with E-state index in [1.54, 1.807) is 31.4 Å². The summed E-state index contributed by atoms with van der Waals surface area (Å²) >= 11 is 0. The van der Waals surface area contributed by atoms with Gasteiger partial charge in [0.25, 0.3) is 0 Å². The Morgan fingerprint density at radius 3 is 2.30 bits per heavy atom. The van der Waals surface area contributed by atoms with Crippen molar-refractivity contribution >= 4 is 21.6 Å². The average Bonchev–Trinajstić information content (AvgIpc) is 2.74. The predicted molar refractivity (Wildman–Crippen MR) is 119 cm³/mol. The molecule has 0 bridgehead atoms. The molecule has 1 amide bonds. The van der Waals surface area contributed by atoms with Gasteiger partial charge in [-0.3, -0.25) is 9.10 Å². The van der Waals surface area contributed by atoms with Crippen LogP contribution in [-0.2, 0) is 14.8 Å². The maximum absolute atomic E-state index is 12.5. The van der Waals surface area contributed by atoms with Gasteiger partial charge in [-0.1, -0.05) is 25.1 Å². The summed E-state index contributed by atoms with van der Waals surface area (Å²) in [5, 5.41) is 3.02. The highest BCUT2D eigenvalue weighted by molar-refractivity contribution is 7.92. The van der Waals surface area contributed by atoms with Crippen molar-refractivity contribution < 1.29 is 22.7 Å². The number of amides is 1. The largest absolute Gasteiger partial charge is 0.497 e. The van der Waals surface area contributed by atoms with E-state index in [-0.39, 0.29) is 24.9 Å². The van der Waals surface area contributed by atoms with Crippen molar-refractivity contribution in [2.24, 2.45) is 0 Å². The molecule has 0 aliphatic rings. The highest BCUT2D eigenvalue weighted by Crippen LogP contribution is 2.24. The van der Waals surface area contributed by atoms with E-state index in [0.717, 1.165) is 24.0 Å². The second kappa shape index (κ2) is 10.9. The third-order valence-corrected chi connectivity index (χ3v) is 5.96. The van der Waals surface area contributed by atoms with Crippen molar-refractivity contribution in [2.75, 3.05) is 31.3 Å². The van der Waals surface area contributed by atoms with E-state index in [4.69, 9.17) is 9.47 Å². The van der Waals surface area contributed by atoms with Crippen LogP contribution in [0.2, 0.25) is 0 Å². The zero-order chi connectivity index (χ0) is 22.1. The van der Waals surface area contributed by atoms with Crippen molar-refractivity contribution in [1.82, 2.24) is 5.32 Å². The number of methoxy groups -OCH3 is 2. The summed E-state index contributed by atoms with van der Waals surface area (Å²) in [6, 6.07) is 14.3. The van der Waals surface area contributed by atoms with E-state index >= 15 is 0 Å². The molecule has 0 aromatic heterocycles. The molecule has 1 atom stereocenters. The molecule has 2 aromatic rings. The highest BCUT2D eigenvalue weighted by atomic mass is 32.2. The number of hydrogen-bond acceptors (Lipinski definition) is 5. The topological polar surface area (TPSA) is 84.9 Å². The minimum Gasteiger partial charge on any atom is -0.497 e. The number of benzene rings is 2. The summed E-state index contributed by atoms with van der Waals surface area (Å²) in [5.41, 5.74) is 1.52. The first-order valence-corrected chi connectivity index (χ1v) is 11.7. The molecule has 0 unspecified atom stereocenters. The molecule has 0 saturated heterocycles. The fourth-order valence-electron chi connectivity index (χ4n) is 3.16. The second-order valence-corrected chi connectivity index (χ2v) is 8.85. The maximum atomic E-state index is 12.5. The van der Waals surface area contributed by atoms with Gasteiger partial charge >= 0.3 is 0 Å². The summed E-state index contributed by atoms with van der Waals surface area (Å²) in [7, 11) is -0.345. The van der Waals surface area contributed by atoms with Gasteiger partial charge in [0.05, 0.1) is 32.2 Å². The number of nitrogens with zero attached hydrogens (tertiary/aromatic N) is 1. The fraction of sp³-hybridized carbons (Fsp3) is 0.409. The van der Waals surface area contributed by atoms with Crippen LogP contribution in [0.4, 0.5) is 5.69 Å². The number of anilines is 1. The lowest BCUT2D eigenvalue weighted by Gasteiger charge is -2.23. The molecule has 0 aliphatic carbocycles. The lowest BCUT2D eigenvalue weighted by atomic mass is 10.0. The normalized spacial score (nSPS) is 12.1. The summed E-state index contributed by atoms with van der Waals surface area (Å²) in [4.78, 5) is 12.5. The predicted octanol–water partition coefficient (Wildman–Crippen LogP) is 3.52. The van der Waals surface area contributed by atoms with E-state index in [9.17, 15) is 13.2 Å². The fourth-order valence-corrected chi connectivity index (χ4v) is 4.12. The number of sulfonamides is 1. The quantitative estimate of drug-likeness (QED) is 0.585. The standard InChI is InChI=1S/C22H30N2O5S/c1-5-21(17-11-13-19(28-2)14-12-17)23-22(25)10-7-15-24(30(4,26)27)18-8-6-9-20(16-18)29-3/h6,8-9,11-14,16,21H,5,7,10,15H2,1-4H3,(H,23,25)/t21-/m1/s1. The van der Waals surface area contributed by atoms with Crippen LogP contribution in [0.3, 0.4) is 0 Å². The molecule has 1 N–H and O–H groups in total. The summed E-state index contributed by atoms with van der Waals surface area (Å²) in [6.07, 6.45) is 2.53. The first-order chi connectivity index (χ1) is 14.3. The SMILES string of the molecule is CC[C@@H](NC(=O)CCCN(c1cccc(OC)c1)S(C)(=O)=O)c1ccc(OC)cc1. The van der Waals surface area contributed by atoms with Gasteiger partial charge < -0.3 is 14.8 Å². The van der Waals surface area contributed by atoms with E-state index in [0.29, 0.717) is 17.9 Å². The van der Waals surface area contributed by atoms with Crippen molar-refractivity contribution in [2.45, 2.75) is 32.2 Å². The van der Waals surface area contributed by atoms with E-state index in [2.05, 4.69) is 5.32 Å². The average molecular weight is 435 g/mol. The Balaban J connectivity index is 1.97. The van der Waals surface area contributed by atoms with Gasteiger partial charge in [-0.05, 0) is 42.7 Å². The van der Waals surface area contributed by atoms with Gasteiger partial charge in [-0.2, -0.15) is 0 Å². The Labute approximate surface area is 179 Å². The third kappa shape index (κ3) is 6.66. The Kier molecular flexibility index (Phi) is 8.53. The number of ether oxygens (including phenoxy) is 2. The van der Waals surface area contributed by atoms with Gasteiger partial charge in [-0.25, -0.2) is 8.42 Å². The first-order valence-electron chi connectivity index (χ1n) is 9.83. The lowest BCUT2D eigenvalue weighted by Crippen LogP contribution is -2.33. The number of nitrogens with one attached hydrogen (secondary N) is 1. The van der Waals surface area contributed by atoms with Crippen molar-refractivity contribution in [1.29, 1.82) is 0 Å². The van der Waals surface area contributed by atoms with Crippen LogP contribution in [0.1, 0.15) is 37.8 Å². The van der Waals surface area contributed by atoms with Gasteiger partial charge in [0, 0.05) is 19.0 Å². The minimum absolute atomic E-state index is 0.104. The Morgan fingerprint density at radius 1 is 1.07 bits per heavy atom. The molecule has 0 saturated carbocycles. The Bertz CT molecular complexity index is 929. The van der Waals surface area contributed by atoms with Crippen molar-refractivity contribution in [3.63, 3.8) is 0 Å². The maximum Gasteiger partial charge on any atom is 0.232 e. The van der Waals surface area contributed by atoms with Crippen LogP contribution in [0, 0.1) is 0 Å². The van der Waals surface area contributed by atoms with Crippen LogP contribution in [0.5, 0.6) is 11.5 Å².